The summed E-state index contributed by atoms with van der Waals surface area (Å²) >= 11 is 0. The van der Waals surface area contributed by atoms with E-state index in [-0.39, 0.29) is 21.4 Å². The number of hydrogen-bond acceptors (Lipinski definition) is 12. The zero-order chi connectivity index (χ0) is 59.2. The molecular formula is C54H63F10N9O7. The maximum atomic E-state index is 16.1. The highest BCUT2D eigenvalue weighted by Gasteiger charge is 2.57. The highest BCUT2D eigenvalue weighted by molar-refractivity contribution is 5.87. The van der Waals surface area contributed by atoms with Gasteiger partial charge in [0.05, 0.1) is 55.7 Å². The monoisotopic (exact) mass is 1140 g/mol. The van der Waals surface area contributed by atoms with Crippen LogP contribution in [-0.4, -0.2) is 136 Å². The van der Waals surface area contributed by atoms with Crippen molar-refractivity contribution in [2.24, 2.45) is 16.7 Å². The molecule has 2 bridgehead atoms. The van der Waals surface area contributed by atoms with Crippen LogP contribution in [0.4, 0.5) is 54.5 Å². The van der Waals surface area contributed by atoms with Gasteiger partial charge in [-0.05, 0) is 94.5 Å². The van der Waals surface area contributed by atoms with Gasteiger partial charge in [0, 0.05) is 79.0 Å². The topological polar surface area (TPSA) is 183 Å². The fourth-order valence-electron chi connectivity index (χ4n) is 9.76. The highest BCUT2D eigenvalue weighted by Crippen LogP contribution is 2.46. The summed E-state index contributed by atoms with van der Waals surface area (Å²) < 4.78 is 155. The van der Waals surface area contributed by atoms with Crippen molar-refractivity contribution in [1.82, 2.24) is 40.7 Å². The van der Waals surface area contributed by atoms with Crippen LogP contribution in [0, 0.1) is 40.2 Å². The van der Waals surface area contributed by atoms with Crippen molar-refractivity contribution in [3.8, 4) is 23.0 Å². The number of alkyl halides is 8. The maximum absolute atomic E-state index is 16.1. The molecule has 2 unspecified atom stereocenters. The Bertz CT molecular complexity index is 2850. The first-order valence-corrected chi connectivity index (χ1v) is 25.3. The van der Waals surface area contributed by atoms with Gasteiger partial charge < -0.3 is 30.1 Å². The van der Waals surface area contributed by atoms with Crippen LogP contribution in [0.2, 0.25) is 0 Å². The number of methoxy groups -OCH3 is 2. The van der Waals surface area contributed by atoms with Crippen LogP contribution in [0.15, 0.2) is 67.1 Å². The van der Waals surface area contributed by atoms with Crippen LogP contribution >= 0.6 is 0 Å². The van der Waals surface area contributed by atoms with Crippen LogP contribution in [0.5, 0.6) is 0 Å². The van der Waals surface area contributed by atoms with Gasteiger partial charge in [-0.1, -0.05) is 37.8 Å². The summed E-state index contributed by atoms with van der Waals surface area (Å²) in [6, 6.07) is 8.37. The smallest absolute Gasteiger partial charge is 0.407 e. The fourth-order valence-corrected chi connectivity index (χ4v) is 9.76. The van der Waals surface area contributed by atoms with Gasteiger partial charge in [-0.15, -0.1) is 0 Å². The number of amides is 3. The van der Waals surface area contributed by atoms with E-state index in [1.165, 1.54) is 12.1 Å². The number of carbonyl (C=O) groups excluding carboxylic acids is 4. The van der Waals surface area contributed by atoms with E-state index in [1.54, 1.807) is 18.3 Å². The van der Waals surface area contributed by atoms with Crippen LogP contribution in [0.25, 0.3) is 11.1 Å². The molecule has 80 heavy (non-hydrogen) atoms. The van der Waals surface area contributed by atoms with E-state index < -0.39 is 121 Å². The van der Waals surface area contributed by atoms with Crippen LogP contribution < -0.4 is 21.0 Å². The standard InChI is InChI=1S/C54H63F10N9O7/c1-30(2)73-36-16-17-37(73)27-70(26-36)44-18-15-33(23-65-44)14-11-31-9-12-32(13-10-31)19-42(67-48(77)46(68-50(78)80-8)52(5,6)54(62,63)64)43(74)29-71(69-47(76)39(22-45(75)79-7)51(3,4)53(59,60)61)28-38-40(55)20-34(21-41(38)56)35-24-66-72(25-35)49(57)58/h9-10,12-13,15,18,20-21,23-25,30,36-37,39,42-43,46,49,74H,16-17,19,22,26-29H2,1-8H3,(H,67,77)(H,68,78)(H,69,76)/t36?,37?,39-,42+,43+,46-/m1/s1. The van der Waals surface area contributed by atoms with Crippen LogP contribution in [0.3, 0.4) is 0 Å². The number of fused-ring (bicyclic) bond motifs is 2. The number of carbonyl (C=O) groups is 4. The number of anilines is 1. The molecular weight excluding hydrogens is 1080 g/mol. The molecule has 4 N–H and O–H groups in total. The number of aromatic nitrogens is 3. The number of hydrazine groups is 1. The normalized spacial score (nSPS) is 17.6. The van der Waals surface area contributed by atoms with Crippen molar-refractivity contribution in [3.05, 3.63) is 101 Å². The maximum Gasteiger partial charge on any atom is 0.407 e. The first kappa shape index (κ1) is 62.2. The fraction of sp³-hybridized carbons (Fsp3) is 0.519. The predicted octanol–water partition coefficient (Wildman–Crippen LogP) is 8.08. The molecule has 2 aromatic heterocycles. The summed E-state index contributed by atoms with van der Waals surface area (Å²) in [6.07, 6.45) is -9.99. The largest absolute Gasteiger partial charge is 0.469 e. The number of rotatable bonds is 20. The molecule has 2 aliphatic heterocycles. The molecule has 2 fully saturated rings. The third-order valence-electron chi connectivity index (χ3n) is 14.7. The Morgan fingerprint density at radius 2 is 1.39 bits per heavy atom. The third-order valence-corrected chi connectivity index (χ3v) is 14.7. The first-order chi connectivity index (χ1) is 37.3. The molecule has 2 aromatic carbocycles. The number of alkyl carbamates (subject to hydrolysis) is 1. The number of aliphatic hydroxyl groups is 1. The number of piperazine rings is 1. The Morgan fingerprint density at radius 3 is 1.90 bits per heavy atom. The molecule has 2 aliphatic rings. The van der Waals surface area contributed by atoms with E-state index in [0.29, 0.717) is 74.1 Å². The van der Waals surface area contributed by atoms with Crippen molar-refractivity contribution in [2.75, 3.05) is 38.8 Å². The van der Waals surface area contributed by atoms with Crippen LogP contribution in [0.1, 0.15) is 89.6 Å². The summed E-state index contributed by atoms with van der Waals surface area (Å²) in [5.41, 5.74) is -3.96. The Morgan fingerprint density at radius 1 is 0.800 bits per heavy atom. The second-order valence-electron chi connectivity index (χ2n) is 21.2. The minimum Gasteiger partial charge on any atom is -0.469 e. The van der Waals surface area contributed by atoms with Gasteiger partial charge in [-0.25, -0.2) is 28.3 Å². The number of aliphatic hydroxyl groups excluding tert-OH is 1. The minimum atomic E-state index is -5.17. The number of ether oxygens (including phenoxy) is 2. The zero-order valence-corrected chi connectivity index (χ0v) is 45.0. The van der Waals surface area contributed by atoms with Crippen molar-refractivity contribution in [1.29, 1.82) is 0 Å². The van der Waals surface area contributed by atoms with Crippen molar-refractivity contribution < 1.29 is 77.7 Å². The summed E-state index contributed by atoms with van der Waals surface area (Å²) in [5, 5.41) is 20.2. The molecule has 0 aliphatic carbocycles. The predicted molar refractivity (Wildman–Crippen MR) is 271 cm³/mol. The van der Waals surface area contributed by atoms with E-state index in [1.807, 2.05) is 17.4 Å². The van der Waals surface area contributed by atoms with E-state index in [0.717, 1.165) is 58.4 Å². The molecule has 3 amide bonds. The number of hydrogen-bond donors (Lipinski definition) is 4. The van der Waals surface area contributed by atoms with E-state index in [2.05, 4.69) is 65.8 Å². The molecule has 6 rings (SSSR count). The molecule has 2 saturated heterocycles. The van der Waals surface area contributed by atoms with Gasteiger partial charge >= 0.3 is 31.0 Å². The molecule has 26 heteroatoms. The number of nitrogens with zero attached hydrogens (tertiary/aromatic N) is 6. The summed E-state index contributed by atoms with van der Waals surface area (Å²) in [6.45, 7) is 3.20. The Balaban J connectivity index is 1.33. The van der Waals surface area contributed by atoms with Crippen molar-refractivity contribution in [2.45, 2.75) is 129 Å². The average Bonchev–Trinajstić information content (AvgIpc) is 3.99. The number of pyridine rings is 1. The molecule has 4 heterocycles. The van der Waals surface area contributed by atoms with Gasteiger partial charge in [0.2, 0.25) is 11.8 Å². The molecule has 0 spiro atoms. The Hall–Kier alpha value is -6.98. The molecule has 0 radical (unpaired) electrons. The lowest BCUT2D eigenvalue weighted by molar-refractivity contribution is -0.231. The van der Waals surface area contributed by atoms with E-state index >= 15 is 8.78 Å². The molecule has 6 atom stereocenters. The van der Waals surface area contributed by atoms with Gasteiger partial charge in [-0.3, -0.25) is 24.7 Å². The van der Waals surface area contributed by atoms with E-state index in [9.17, 15) is 59.4 Å². The summed E-state index contributed by atoms with van der Waals surface area (Å²) in [5.74, 6) is -2.59. The second-order valence-corrected chi connectivity index (χ2v) is 21.2. The van der Waals surface area contributed by atoms with Gasteiger partial charge in [-0.2, -0.15) is 40.2 Å². The van der Waals surface area contributed by atoms with Crippen molar-refractivity contribution in [3.63, 3.8) is 0 Å². The molecule has 4 aromatic rings. The first-order valence-electron chi connectivity index (χ1n) is 25.3. The van der Waals surface area contributed by atoms with Crippen LogP contribution in [-0.2, 0) is 36.8 Å². The SMILES string of the molecule is COC(=O)C[C@H](C(=O)NN(Cc1c(F)cc(-c2cnn(C(F)F)c2)cc1F)C[C@H](O)[C@H](Cc1ccc(C#Cc2ccc(N3CC4CCC(C3)N4C(C)C)nc2)cc1)NC(=O)[C@@H](NC(=O)OC)C(C)(C)C(F)(F)F)C(C)(C)C(F)(F)F. The van der Waals surface area contributed by atoms with Crippen molar-refractivity contribution >= 4 is 29.7 Å². The van der Waals surface area contributed by atoms with E-state index in [4.69, 9.17) is 0 Å². The zero-order valence-electron chi connectivity index (χ0n) is 45.0. The number of nitrogens with one attached hydrogen (secondary N) is 3. The molecule has 16 nitrogen and oxygen atoms in total. The number of halogens is 10. The van der Waals surface area contributed by atoms with Gasteiger partial charge in [0.25, 0.3) is 0 Å². The van der Waals surface area contributed by atoms with Gasteiger partial charge in [0.1, 0.15) is 23.5 Å². The number of benzene rings is 2. The highest BCUT2D eigenvalue weighted by atomic mass is 19.4. The lowest BCUT2D eigenvalue weighted by Gasteiger charge is -2.43. The lowest BCUT2D eigenvalue weighted by atomic mass is 9.75. The second kappa shape index (κ2) is 25.2. The third kappa shape index (κ3) is 14.7. The Kier molecular flexibility index (Phi) is 19.6. The number of esters is 1. The summed E-state index contributed by atoms with van der Waals surface area (Å²) in [4.78, 5) is 62.5. The average molecular weight is 1140 g/mol. The Labute approximate surface area is 455 Å². The molecule has 436 valence electrons. The summed E-state index contributed by atoms with van der Waals surface area (Å²) in [7, 11) is 1.67. The lowest BCUT2D eigenvalue weighted by Crippen LogP contribution is -2.62. The quantitative estimate of drug-likeness (QED) is 0.0289. The molecule has 0 saturated carbocycles. The van der Waals surface area contributed by atoms with Gasteiger partial charge in [0.15, 0.2) is 0 Å². The minimum absolute atomic E-state index is 0.164.